The van der Waals surface area contributed by atoms with Crippen LogP contribution in [-0.4, -0.2) is 66.6 Å². The number of aromatic nitrogens is 1. The van der Waals surface area contributed by atoms with Crippen molar-refractivity contribution >= 4 is 5.91 Å². The Bertz CT molecular complexity index is 559. The zero-order chi connectivity index (χ0) is 15.7. The fraction of sp³-hybridized carbons (Fsp3) is 0.667. The molecule has 3 aliphatic rings. The molecule has 1 aromatic heterocycles. The van der Waals surface area contributed by atoms with Gasteiger partial charge in [0.1, 0.15) is 5.69 Å². The highest BCUT2D eigenvalue weighted by Gasteiger charge is 2.52. The van der Waals surface area contributed by atoms with Crippen molar-refractivity contribution < 1.29 is 9.53 Å². The summed E-state index contributed by atoms with van der Waals surface area (Å²) >= 11 is 0. The summed E-state index contributed by atoms with van der Waals surface area (Å²) in [4.78, 5) is 21.5. The van der Waals surface area contributed by atoms with E-state index in [-0.39, 0.29) is 11.3 Å². The molecule has 0 aliphatic carbocycles. The number of piperidine rings is 1. The van der Waals surface area contributed by atoms with Gasteiger partial charge in [-0.15, -0.1) is 0 Å². The Morgan fingerprint density at radius 2 is 2.17 bits per heavy atom. The van der Waals surface area contributed by atoms with Crippen LogP contribution in [0.15, 0.2) is 24.4 Å². The molecule has 0 aromatic carbocycles. The Morgan fingerprint density at radius 3 is 2.96 bits per heavy atom. The molecule has 4 rings (SSSR count). The first kappa shape index (κ1) is 15.1. The summed E-state index contributed by atoms with van der Waals surface area (Å²) < 4.78 is 5.81. The van der Waals surface area contributed by atoms with Crippen molar-refractivity contribution in [2.45, 2.75) is 19.3 Å². The lowest BCUT2D eigenvalue weighted by Gasteiger charge is -2.36. The Balaban J connectivity index is 1.48. The fourth-order valence-corrected chi connectivity index (χ4v) is 4.42. The largest absolute Gasteiger partial charge is 0.380 e. The van der Waals surface area contributed by atoms with Crippen LogP contribution < -0.4 is 0 Å². The van der Waals surface area contributed by atoms with E-state index in [2.05, 4.69) is 9.88 Å². The number of nitrogens with zero attached hydrogens (tertiary/aromatic N) is 3. The predicted octanol–water partition coefficient (Wildman–Crippen LogP) is 1.66. The average Bonchev–Trinajstić information content (AvgIpc) is 3.12. The molecule has 0 saturated carbocycles. The normalized spacial score (nSPS) is 31.3. The highest BCUT2D eigenvalue weighted by Crippen LogP contribution is 2.42. The molecule has 3 aliphatic heterocycles. The Kier molecular flexibility index (Phi) is 4.07. The van der Waals surface area contributed by atoms with Crippen LogP contribution in [0.3, 0.4) is 0 Å². The number of carbonyl (C=O) groups is 1. The molecule has 2 atom stereocenters. The molecule has 23 heavy (non-hydrogen) atoms. The van der Waals surface area contributed by atoms with Crippen molar-refractivity contribution in [2.24, 2.45) is 11.3 Å². The number of hydrogen-bond acceptors (Lipinski definition) is 4. The van der Waals surface area contributed by atoms with E-state index in [4.69, 9.17) is 4.74 Å². The van der Waals surface area contributed by atoms with Crippen LogP contribution in [0.1, 0.15) is 29.8 Å². The van der Waals surface area contributed by atoms with Crippen molar-refractivity contribution in [1.82, 2.24) is 14.8 Å². The third kappa shape index (κ3) is 2.88. The van der Waals surface area contributed by atoms with Gasteiger partial charge in [-0.05, 0) is 38.1 Å². The lowest BCUT2D eigenvalue weighted by Crippen LogP contribution is -2.45. The van der Waals surface area contributed by atoms with Gasteiger partial charge in [-0.3, -0.25) is 9.78 Å². The maximum Gasteiger partial charge on any atom is 0.272 e. The third-order valence-electron chi connectivity index (χ3n) is 5.68. The van der Waals surface area contributed by atoms with Gasteiger partial charge >= 0.3 is 0 Å². The second-order valence-electron chi connectivity index (χ2n) is 7.31. The van der Waals surface area contributed by atoms with E-state index in [0.29, 0.717) is 11.6 Å². The van der Waals surface area contributed by atoms with E-state index in [1.807, 2.05) is 23.1 Å². The van der Waals surface area contributed by atoms with E-state index >= 15 is 0 Å². The second kappa shape index (κ2) is 6.21. The molecule has 0 radical (unpaired) electrons. The number of hydrogen-bond donors (Lipinski definition) is 0. The quantitative estimate of drug-likeness (QED) is 0.851. The summed E-state index contributed by atoms with van der Waals surface area (Å²) in [6.45, 7) is 6.67. The van der Waals surface area contributed by atoms with Gasteiger partial charge in [0.25, 0.3) is 5.91 Å². The van der Waals surface area contributed by atoms with E-state index in [1.54, 1.807) is 6.20 Å². The number of ether oxygens (including phenoxy) is 1. The van der Waals surface area contributed by atoms with Crippen LogP contribution in [0.2, 0.25) is 0 Å². The van der Waals surface area contributed by atoms with Gasteiger partial charge in [-0.2, -0.15) is 0 Å². The van der Waals surface area contributed by atoms with E-state index in [1.165, 1.54) is 32.4 Å². The first-order valence-corrected chi connectivity index (χ1v) is 8.77. The van der Waals surface area contributed by atoms with Crippen LogP contribution in [0.25, 0.3) is 0 Å². The Hall–Kier alpha value is -1.46. The van der Waals surface area contributed by atoms with Gasteiger partial charge in [0.15, 0.2) is 0 Å². The van der Waals surface area contributed by atoms with Gasteiger partial charge in [-0.1, -0.05) is 12.5 Å². The summed E-state index contributed by atoms with van der Waals surface area (Å²) in [6.07, 6.45) is 5.65. The molecule has 0 spiro atoms. The number of amides is 1. The van der Waals surface area contributed by atoms with Crippen LogP contribution in [-0.2, 0) is 4.74 Å². The minimum absolute atomic E-state index is 0.0676. The molecule has 124 valence electrons. The number of rotatable bonds is 3. The predicted molar refractivity (Wildman–Crippen MR) is 87.2 cm³/mol. The smallest absolute Gasteiger partial charge is 0.272 e. The molecule has 4 heterocycles. The number of fused-ring (bicyclic) bond motifs is 1. The Labute approximate surface area is 137 Å². The van der Waals surface area contributed by atoms with Gasteiger partial charge in [0.2, 0.25) is 0 Å². The molecular weight excluding hydrogens is 290 g/mol. The van der Waals surface area contributed by atoms with Crippen molar-refractivity contribution in [3.8, 4) is 0 Å². The second-order valence-corrected chi connectivity index (χ2v) is 7.31. The van der Waals surface area contributed by atoms with Crippen molar-refractivity contribution in [3.05, 3.63) is 30.1 Å². The van der Waals surface area contributed by atoms with E-state index < -0.39 is 0 Å². The summed E-state index contributed by atoms with van der Waals surface area (Å²) in [5.41, 5.74) is 0.684. The number of likely N-dealkylation sites (tertiary alicyclic amines) is 2. The maximum atomic E-state index is 12.7. The topological polar surface area (TPSA) is 45.7 Å². The highest BCUT2D eigenvalue weighted by atomic mass is 16.5. The molecule has 1 amide bonds. The molecule has 3 fully saturated rings. The summed E-state index contributed by atoms with van der Waals surface area (Å²) in [5.74, 6) is 0.537. The van der Waals surface area contributed by atoms with Gasteiger partial charge in [-0.25, -0.2) is 0 Å². The third-order valence-corrected chi connectivity index (χ3v) is 5.68. The molecule has 0 unspecified atom stereocenters. The van der Waals surface area contributed by atoms with Gasteiger partial charge < -0.3 is 14.5 Å². The van der Waals surface area contributed by atoms with E-state index in [9.17, 15) is 4.79 Å². The minimum Gasteiger partial charge on any atom is -0.380 e. The maximum absolute atomic E-state index is 12.7. The SMILES string of the molecule is O=C(c1ccccn1)N1C[C@@H]2COC[C@]2(CN2CCCCC2)C1. The Morgan fingerprint density at radius 1 is 1.30 bits per heavy atom. The van der Waals surface area contributed by atoms with Crippen LogP contribution in [0.5, 0.6) is 0 Å². The van der Waals surface area contributed by atoms with Crippen LogP contribution >= 0.6 is 0 Å². The lowest BCUT2D eigenvalue weighted by atomic mass is 9.80. The zero-order valence-corrected chi connectivity index (χ0v) is 13.6. The van der Waals surface area contributed by atoms with Crippen LogP contribution in [0.4, 0.5) is 0 Å². The van der Waals surface area contributed by atoms with Crippen molar-refractivity contribution in [2.75, 3.05) is 45.9 Å². The number of carbonyl (C=O) groups excluding carboxylic acids is 1. The summed E-state index contributed by atoms with van der Waals surface area (Å²) in [7, 11) is 0. The minimum atomic E-state index is 0.0676. The molecule has 3 saturated heterocycles. The highest BCUT2D eigenvalue weighted by molar-refractivity contribution is 5.92. The standard InChI is InChI=1S/C18H25N3O2/c22-17(16-6-2-3-7-19-16)21-10-15-11-23-14-18(15,13-21)12-20-8-4-1-5-9-20/h2-3,6-7,15H,1,4-5,8-14H2/t15-,18+/m1/s1. The zero-order valence-electron chi connectivity index (χ0n) is 13.6. The van der Waals surface area contributed by atoms with Crippen LogP contribution in [0, 0.1) is 11.3 Å². The first-order valence-electron chi connectivity index (χ1n) is 8.77. The summed E-state index contributed by atoms with van der Waals surface area (Å²) in [6, 6.07) is 5.54. The average molecular weight is 315 g/mol. The number of pyridine rings is 1. The van der Waals surface area contributed by atoms with Gasteiger partial charge in [0, 0.05) is 37.2 Å². The molecule has 0 N–H and O–H groups in total. The van der Waals surface area contributed by atoms with Gasteiger partial charge in [0.05, 0.1) is 13.2 Å². The van der Waals surface area contributed by atoms with Crippen molar-refractivity contribution in [1.29, 1.82) is 0 Å². The van der Waals surface area contributed by atoms with Crippen molar-refractivity contribution in [3.63, 3.8) is 0 Å². The first-order chi connectivity index (χ1) is 11.3. The molecule has 0 bridgehead atoms. The summed E-state index contributed by atoms with van der Waals surface area (Å²) in [5, 5.41) is 0. The molecule has 1 aromatic rings. The molecule has 5 heteroatoms. The lowest BCUT2D eigenvalue weighted by molar-refractivity contribution is 0.0650. The monoisotopic (exact) mass is 315 g/mol. The fourth-order valence-electron chi connectivity index (χ4n) is 4.42. The molecular formula is C18H25N3O2. The van der Waals surface area contributed by atoms with E-state index in [0.717, 1.165) is 32.8 Å². The molecule has 5 nitrogen and oxygen atoms in total.